The molecule has 1 aromatic heterocycles. The number of aromatic carboxylic acids is 1. The highest BCUT2D eigenvalue weighted by molar-refractivity contribution is 6.03. The minimum Gasteiger partial charge on any atom is -0.478 e. The van der Waals surface area contributed by atoms with E-state index in [1.807, 2.05) is 0 Å². The van der Waals surface area contributed by atoms with E-state index in [0.717, 1.165) is 56.1 Å². The largest absolute Gasteiger partial charge is 0.478 e. The Morgan fingerprint density at radius 2 is 1.61 bits per heavy atom. The van der Waals surface area contributed by atoms with Gasteiger partial charge in [-0.15, -0.1) is 0 Å². The maximum Gasteiger partial charge on any atom is 0.421 e. The molecule has 2 aliphatic carbocycles. The Hall–Kier alpha value is -3.17. The number of rotatable bonds is 6. The molecule has 2 saturated carbocycles. The number of carbonyl (C=O) groups is 2. The molecule has 2 aromatic rings. The number of halogens is 4. The van der Waals surface area contributed by atoms with Crippen LogP contribution in [-0.4, -0.2) is 28.0 Å². The second kappa shape index (κ2) is 11.3. The van der Waals surface area contributed by atoms with Crippen molar-refractivity contribution in [3.8, 4) is 11.6 Å². The highest BCUT2D eigenvalue weighted by atomic mass is 19.4. The van der Waals surface area contributed by atoms with Crippen molar-refractivity contribution < 1.29 is 37.0 Å². The molecule has 0 bridgehead atoms. The molecule has 0 unspecified atom stereocenters. The Bertz CT molecular complexity index is 1170. The predicted molar refractivity (Wildman–Crippen MR) is 133 cm³/mol. The number of hydrogen-bond acceptors (Lipinski definition) is 4. The molecule has 1 N–H and O–H groups in total. The highest BCUT2D eigenvalue weighted by Gasteiger charge is 2.38. The summed E-state index contributed by atoms with van der Waals surface area (Å²) in [6.45, 7) is 4.25. The topological polar surface area (TPSA) is 79.7 Å². The van der Waals surface area contributed by atoms with Gasteiger partial charge in [0.1, 0.15) is 5.56 Å². The fraction of sp³-hybridized carbons (Fsp3) is 0.536. The Morgan fingerprint density at radius 1 is 1.00 bits per heavy atom. The van der Waals surface area contributed by atoms with E-state index in [-0.39, 0.29) is 23.6 Å². The van der Waals surface area contributed by atoms with Crippen molar-refractivity contribution in [3.05, 3.63) is 47.4 Å². The van der Waals surface area contributed by atoms with Gasteiger partial charge in [-0.05, 0) is 75.3 Å². The van der Waals surface area contributed by atoms with E-state index in [0.29, 0.717) is 37.5 Å². The number of benzene rings is 1. The average molecular weight is 537 g/mol. The van der Waals surface area contributed by atoms with Gasteiger partial charge in [-0.1, -0.05) is 13.8 Å². The van der Waals surface area contributed by atoms with E-state index in [2.05, 4.69) is 18.8 Å². The lowest BCUT2D eigenvalue weighted by molar-refractivity contribution is -0.139. The first-order valence-corrected chi connectivity index (χ1v) is 13.1. The van der Waals surface area contributed by atoms with Crippen LogP contribution in [0.15, 0.2) is 30.5 Å². The van der Waals surface area contributed by atoms with Gasteiger partial charge in [-0.25, -0.2) is 14.2 Å². The summed E-state index contributed by atoms with van der Waals surface area (Å²) in [6.07, 6.45) is 2.35. The van der Waals surface area contributed by atoms with Crippen molar-refractivity contribution >= 4 is 17.6 Å². The van der Waals surface area contributed by atoms with Crippen molar-refractivity contribution in [2.75, 3.05) is 4.90 Å². The van der Waals surface area contributed by atoms with Crippen molar-refractivity contribution in [3.63, 3.8) is 0 Å². The average Bonchev–Trinajstić information content (AvgIpc) is 2.86. The molecule has 38 heavy (non-hydrogen) atoms. The van der Waals surface area contributed by atoms with Crippen LogP contribution in [-0.2, 0) is 11.0 Å². The molecule has 10 heteroatoms. The van der Waals surface area contributed by atoms with E-state index in [4.69, 9.17) is 4.74 Å². The number of hydrogen-bond donors (Lipinski definition) is 1. The molecular weight excluding hydrogens is 504 g/mol. The summed E-state index contributed by atoms with van der Waals surface area (Å²) in [5.74, 6) is -3.69. The minimum absolute atomic E-state index is 0.0948. The first-order valence-electron chi connectivity index (χ1n) is 13.1. The Balaban J connectivity index is 1.75. The maximum absolute atomic E-state index is 15.4. The SMILES string of the molecule is CC1CCC(C(=O)N(c2cc(F)c(Oc3ncccc3C(F)(F)F)cc2C(=O)O)C2CCC(C)CC2)CC1. The van der Waals surface area contributed by atoms with Gasteiger partial charge >= 0.3 is 12.1 Å². The summed E-state index contributed by atoms with van der Waals surface area (Å²) in [5.41, 5.74) is -1.73. The monoisotopic (exact) mass is 536 g/mol. The van der Waals surface area contributed by atoms with Crippen molar-refractivity contribution in [2.45, 2.75) is 77.4 Å². The number of pyridine rings is 1. The highest BCUT2D eigenvalue weighted by Crippen LogP contribution is 2.41. The fourth-order valence-corrected chi connectivity index (χ4v) is 5.48. The van der Waals surface area contributed by atoms with E-state index >= 15 is 4.39 Å². The molecule has 1 amide bonds. The summed E-state index contributed by atoms with van der Waals surface area (Å²) >= 11 is 0. The van der Waals surface area contributed by atoms with Gasteiger partial charge in [0.05, 0.1) is 11.3 Å². The van der Waals surface area contributed by atoms with Crippen LogP contribution < -0.4 is 9.64 Å². The minimum atomic E-state index is -4.81. The lowest BCUT2D eigenvalue weighted by atomic mass is 9.81. The molecule has 4 rings (SSSR count). The number of aromatic nitrogens is 1. The molecule has 0 spiro atoms. The van der Waals surface area contributed by atoms with Crippen LogP contribution in [0.2, 0.25) is 0 Å². The third kappa shape index (κ3) is 6.10. The van der Waals surface area contributed by atoms with Crippen LogP contribution in [0.1, 0.15) is 81.1 Å². The fourth-order valence-electron chi connectivity index (χ4n) is 5.48. The number of ether oxygens (including phenoxy) is 1. The van der Waals surface area contributed by atoms with Gasteiger partial charge in [0.25, 0.3) is 0 Å². The Labute approximate surface area is 219 Å². The number of carboxylic acid groups (broad SMARTS) is 1. The van der Waals surface area contributed by atoms with Crippen molar-refractivity contribution in [1.82, 2.24) is 4.98 Å². The predicted octanol–water partition coefficient (Wildman–Crippen LogP) is 7.47. The number of carbonyl (C=O) groups excluding carboxylic acids is 1. The quantitative estimate of drug-likeness (QED) is 0.388. The van der Waals surface area contributed by atoms with E-state index in [1.165, 1.54) is 4.90 Å². The summed E-state index contributed by atoms with van der Waals surface area (Å²) in [7, 11) is 0. The van der Waals surface area contributed by atoms with Crippen LogP contribution in [0.5, 0.6) is 11.6 Å². The number of alkyl halides is 3. The van der Waals surface area contributed by atoms with Crippen LogP contribution in [0.25, 0.3) is 0 Å². The normalized spacial score (nSPS) is 24.1. The summed E-state index contributed by atoms with van der Waals surface area (Å²) in [6, 6.07) is 3.25. The van der Waals surface area contributed by atoms with Gasteiger partial charge in [-0.2, -0.15) is 13.2 Å². The van der Waals surface area contributed by atoms with E-state index in [1.54, 1.807) is 0 Å². The van der Waals surface area contributed by atoms with Crippen LogP contribution in [0.3, 0.4) is 0 Å². The maximum atomic E-state index is 15.4. The van der Waals surface area contributed by atoms with E-state index < -0.39 is 40.7 Å². The van der Waals surface area contributed by atoms with Crippen molar-refractivity contribution in [2.24, 2.45) is 17.8 Å². The number of carboxylic acids is 1. The molecule has 1 heterocycles. The second-order valence-corrected chi connectivity index (χ2v) is 10.6. The molecule has 206 valence electrons. The van der Waals surface area contributed by atoms with Gasteiger partial charge in [0.15, 0.2) is 11.6 Å². The number of nitrogens with zero attached hydrogens (tertiary/aromatic N) is 2. The molecule has 0 saturated heterocycles. The van der Waals surface area contributed by atoms with Crippen LogP contribution >= 0.6 is 0 Å². The first kappa shape index (κ1) is 27.9. The molecule has 0 aliphatic heterocycles. The number of anilines is 1. The first-order chi connectivity index (χ1) is 18.0. The lowest BCUT2D eigenvalue weighted by Crippen LogP contribution is -2.46. The lowest BCUT2D eigenvalue weighted by Gasteiger charge is -2.39. The third-order valence-electron chi connectivity index (χ3n) is 7.78. The summed E-state index contributed by atoms with van der Waals surface area (Å²) < 4.78 is 60.8. The summed E-state index contributed by atoms with van der Waals surface area (Å²) in [4.78, 5) is 31.2. The molecule has 1 aromatic carbocycles. The van der Waals surface area contributed by atoms with Gasteiger partial charge in [0.2, 0.25) is 11.8 Å². The van der Waals surface area contributed by atoms with Crippen LogP contribution in [0.4, 0.5) is 23.2 Å². The Morgan fingerprint density at radius 3 is 2.18 bits per heavy atom. The standard InChI is InChI=1S/C28H32F4N2O4/c1-16-5-9-18(10-6-16)26(35)34(19-11-7-17(2)8-12-19)23-15-22(29)24(14-20(23)27(36)37)38-25-21(28(30,31)32)4-3-13-33-25/h3-4,13-19H,5-12H2,1-2H3,(H,36,37). The van der Waals surface area contributed by atoms with Gasteiger partial charge in [-0.3, -0.25) is 4.79 Å². The Kier molecular flexibility index (Phi) is 8.28. The number of amides is 1. The van der Waals surface area contributed by atoms with E-state index in [9.17, 15) is 27.9 Å². The zero-order chi connectivity index (χ0) is 27.6. The summed E-state index contributed by atoms with van der Waals surface area (Å²) in [5, 5.41) is 10.0. The van der Waals surface area contributed by atoms with Crippen molar-refractivity contribution in [1.29, 1.82) is 0 Å². The molecule has 0 atom stereocenters. The molecular formula is C28H32F4N2O4. The zero-order valence-corrected chi connectivity index (χ0v) is 21.4. The zero-order valence-electron chi connectivity index (χ0n) is 21.4. The molecule has 2 fully saturated rings. The van der Waals surface area contributed by atoms with Gasteiger partial charge < -0.3 is 14.7 Å². The molecule has 6 nitrogen and oxygen atoms in total. The van der Waals surface area contributed by atoms with Gasteiger partial charge in [0, 0.05) is 30.3 Å². The molecule has 0 radical (unpaired) electrons. The second-order valence-electron chi connectivity index (χ2n) is 10.6. The molecule has 2 aliphatic rings. The third-order valence-corrected chi connectivity index (χ3v) is 7.78. The van der Waals surface area contributed by atoms with Crippen LogP contribution in [0, 0.1) is 23.6 Å². The smallest absolute Gasteiger partial charge is 0.421 e.